The van der Waals surface area contributed by atoms with Crippen molar-refractivity contribution < 1.29 is 62.6 Å². The van der Waals surface area contributed by atoms with Crippen LogP contribution in [0.5, 0.6) is 0 Å². The Bertz CT molecular complexity index is 2270. The number of hydrogen-bond donors (Lipinski definition) is 11. The van der Waals surface area contributed by atoms with Gasteiger partial charge in [0.15, 0.2) is 0 Å². The summed E-state index contributed by atoms with van der Waals surface area (Å²) in [6, 6.07) is -8.80. The minimum absolute atomic E-state index is 0.0534. The molecule has 25 heteroatoms. The second kappa shape index (κ2) is 29.9. The number of carbonyl (C=O) groups excluding carboxylic acids is 12. The van der Waals surface area contributed by atoms with Crippen molar-refractivity contribution in [2.75, 3.05) is 19.7 Å². The van der Waals surface area contributed by atoms with Crippen LogP contribution in [0, 0.1) is 29.6 Å². The van der Waals surface area contributed by atoms with Crippen LogP contribution in [0.4, 0.5) is 0 Å². The normalized spacial score (nSPS) is 18.5. The lowest BCUT2D eigenvalue weighted by Crippen LogP contribution is -2.64. The summed E-state index contributed by atoms with van der Waals surface area (Å²) in [5.74, 6) is -10.0. The molecule has 2 aliphatic rings. The van der Waals surface area contributed by atoms with Gasteiger partial charge in [0.1, 0.15) is 58.9 Å². The third-order valence-electron chi connectivity index (χ3n) is 14.6. The molecule has 0 bridgehead atoms. The van der Waals surface area contributed by atoms with Gasteiger partial charge >= 0.3 is 0 Å². The van der Waals surface area contributed by atoms with Gasteiger partial charge in [-0.1, -0.05) is 75.7 Å². The minimum Gasteiger partial charge on any atom is -0.394 e. The SMILES string of the molecule is CC[C@H](C)[C@H](NC(=O)[C@@H](NC(=O)[C@H](CC(N)=O)NC(=O)C(C)(C)NC(C)=O)C(C)C)C(=O)NC(C)(C)C(=O)N1CCC[C@H]1C(=O)N[C@@H](CC(C)C)C(=O)N[C@H](C(=O)NC(C)(C)C(=O)N1CCC[C@H]1C(=O)N[C@H](CO)C(C)C)C(C)C. The molecule has 0 aromatic heterocycles. The highest BCUT2D eigenvalue weighted by Gasteiger charge is 2.46. The monoisotopic (exact) mass is 1130 g/mol. The molecule has 12 amide bonds. The van der Waals surface area contributed by atoms with E-state index in [1.165, 1.54) is 58.3 Å². The van der Waals surface area contributed by atoms with Crippen LogP contribution in [0.3, 0.4) is 0 Å². The number of carbonyl (C=O) groups is 12. The summed E-state index contributed by atoms with van der Waals surface area (Å²) in [6.07, 6.45) is 1.48. The molecule has 0 unspecified atom stereocenters. The Balaban J connectivity index is 2.28. The first-order chi connectivity index (χ1) is 36.8. The number of nitrogens with one attached hydrogen (secondary N) is 9. The van der Waals surface area contributed by atoms with E-state index < -0.39 is 160 Å². The van der Waals surface area contributed by atoms with Crippen LogP contribution < -0.4 is 53.6 Å². The van der Waals surface area contributed by atoms with Crippen molar-refractivity contribution in [2.24, 2.45) is 35.3 Å². The molecule has 2 saturated heterocycles. The molecule has 2 heterocycles. The summed E-state index contributed by atoms with van der Waals surface area (Å²) in [4.78, 5) is 166. The topological polar surface area (TPSA) is 366 Å². The first-order valence-electron chi connectivity index (χ1n) is 28.1. The summed E-state index contributed by atoms with van der Waals surface area (Å²) in [5.41, 5.74) is 0.741. The quantitative estimate of drug-likeness (QED) is 0.0451. The van der Waals surface area contributed by atoms with Crippen LogP contribution >= 0.6 is 0 Å². The van der Waals surface area contributed by atoms with Crippen LogP contribution in [0.2, 0.25) is 0 Å². The first-order valence-corrected chi connectivity index (χ1v) is 28.1. The fourth-order valence-electron chi connectivity index (χ4n) is 9.60. The van der Waals surface area contributed by atoms with Crippen LogP contribution in [0.1, 0.15) is 163 Å². The zero-order valence-electron chi connectivity index (χ0n) is 50.4. The maximum atomic E-state index is 14.5. The van der Waals surface area contributed by atoms with Gasteiger partial charge in [-0.15, -0.1) is 0 Å². The Labute approximate surface area is 472 Å². The molecular formula is C55H96N12O13. The fraction of sp³-hybridized carbons (Fsp3) is 0.782. The zero-order chi connectivity index (χ0) is 61.5. The summed E-state index contributed by atoms with van der Waals surface area (Å²) in [7, 11) is 0. The van der Waals surface area contributed by atoms with Gasteiger partial charge in [-0.2, -0.15) is 0 Å². The number of primary amides is 1. The largest absolute Gasteiger partial charge is 0.394 e. The number of likely N-dealkylation sites (tertiary alicyclic amines) is 2. The lowest BCUT2D eigenvalue weighted by atomic mass is 9.94. The second-order valence-electron chi connectivity index (χ2n) is 24.6. The number of rotatable bonds is 29. The Hall–Kier alpha value is -6.40. The molecule has 0 saturated carbocycles. The molecule has 12 N–H and O–H groups in total. The molecule has 0 aromatic rings. The molecule has 0 spiro atoms. The Morgan fingerprint density at radius 1 is 0.537 bits per heavy atom. The predicted molar refractivity (Wildman–Crippen MR) is 298 cm³/mol. The average Bonchev–Trinajstić information content (AvgIpc) is 4.04. The summed E-state index contributed by atoms with van der Waals surface area (Å²) >= 11 is 0. The van der Waals surface area contributed by atoms with Crippen LogP contribution in [0.25, 0.3) is 0 Å². The Morgan fingerprint density at radius 3 is 1.36 bits per heavy atom. The number of amides is 12. The highest BCUT2D eigenvalue weighted by atomic mass is 16.3. The number of nitrogens with two attached hydrogens (primary N) is 1. The number of aliphatic hydroxyl groups is 1. The highest BCUT2D eigenvalue weighted by Crippen LogP contribution is 2.25. The van der Waals surface area contributed by atoms with E-state index in [0.717, 1.165) is 0 Å². The van der Waals surface area contributed by atoms with Crippen LogP contribution in [-0.4, -0.2) is 170 Å². The Morgan fingerprint density at radius 2 is 0.963 bits per heavy atom. The van der Waals surface area contributed by atoms with E-state index >= 15 is 0 Å². The van der Waals surface area contributed by atoms with Crippen molar-refractivity contribution in [3.8, 4) is 0 Å². The van der Waals surface area contributed by atoms with E-state index in [9.17, 15) is 62.6 Å². The average molecular weight is 1130 g/mol. The molecule has 80 heavy (non-hydrogen) atoms. The molecule has 0 aliphatic carbocycles. The Kier molecular flexibility index (Phi) is 26.0. The van der Waals surface area contributed by atoms with Gasteiger partial charge in [-0.25, -0.2) is 0 Å². The van der Waals surface area contributed by atoms with Crippen molar-refractivity contribution in [1.29, 1.82) is 0 Å². The molecular weight excluding hydrogens is 1040 g/mol. The molecule has 454 valence electrons. The molecule has 2 rings (SSSR count). The minimum atomic E-state index is -1.66. The van der Waals surface area contributed by atoms with Crippen molar-refractivity contribution in [3.05, 3.63) is 0 Å². The van der Waals surface area contributed by atoms with Gasteiger partial charge in [-0.05, 0) is 103 Å². The summed E-state index contributed by atoms with van der Waals surface area (Å²) in [6.45, 7) is 27.6. The summed E-state index contributed by atoms with van der Waals surface area (Å²) in [5, 5.41) is 33.9. The van der Waals surface area contributed by atoms with Crippen LogP contribution in [0.15, 0.2) is 0 Å². The summed E-state index contributed by atoms with van der Waals surface area (Å²) < 4.78 is 0. The number of nitrogens with zero attached hydrogens (tertiary/aromatic N) is 2. The lowest BCUT2D eigenvalue weighted by molar-refractivity contribution is -0.146. The first kappa shape index (κ1) is 69.7. The smallest absolute Gasteiger partial charge is 0.248 e. The van der Waals surface area contributed by atoms with Crippen molar-refractivity contribution in [2.45, 2.75) is 228 Å². The molecule has 25 nitrogen and oxygen atoms in total. The third-order valence-corrected chi connectivity index (χ3v) is 14.6. The number of hydrogen-bond acceptors (Lipinski definition) is 13. The van der Waals surface area contributed by atoms with E-state index in [2.05, 4.69) is 47.9 Å². The second-order valence-corrected chi connectivity index (χ2v) is 24.6. The van der Waals surface area contributed by atoms with Crippen molar-refractivity contribution in [1.82, 2.24) is 57.7 Å². The van der Waals surface area contributed by atoms with E-state index in [1.54, 1.807) is 41.5 Å². The van der Waals surface area contributed by atoms with Gasteiger partial charge in [0.2, 0.25) is 70.9 Å². The fourth-order valence-corrected chi connectivity index (χ4v) is 9.60. The van der Waals surface area contributed by atoms with Crippen LogP contribution in [-0.2, 0) is 57.5 Å². The molecule has 0 radical (unpaired) electrons. The van der Waals surface area contributed by atoms with Gasteiger partial charge in [0.25, 0.3) is 0 Å². The van der Waals surface area contributed by atoms with Crippen molar-refractivity contribution in [3.63, 3.8) is 0 Å². The van der Waals surface area contributed by atoms with E-state index in [4.69, 9.17) is 5.73 Å². The predicted octanol–water partition coefficient (Wildman–Crippen LogP) is -0.491. The third kappa shape index (κ3) is 19.7. The zero-order valence-corrected chi connectivity index (χ0v) is 50.4. The van der Waals surface area contributed by atoms with Gasteiger partial charge in [0, 0.05) is 20.0 Å². The molecule has 0 aromatic carbocycles. The van der Waals surface area contributed by atoms with E-state index in [0.29, 0.717) is 25.7 Å². The highest BCUT2D eigenvalue weighted by molar-refractivity contribution is 6.01. The lowest BCUT2D eigenvalue weighted by Gasteiger charge is -2.36. The number of aliphatic hydroxyl groups excluding tert-OH is 1. The van der Waals surface area contributed by atoms with E-state index in [1.807, 2.05) is 27.7 Å². The van der Waals surface area contributed by atoms with Gasteiger partial charge in [0.05, 0.1) is 19.1 Å². The molecule has 9 atom stereocenters. The van der Waals surface area contributed by atoms with Gasteiger partial charge < -0.3 is 68.5 Å². The van der Waals surface area contributed by atoms with Crippen molar-refractivity contribution >= 4 is 70.9 Å². The molecule has 2 fully saturated rings. The molecule has 2 aliphatic heterocycles. The van der Waals surface area contributed by atoms with Gasteiger partial charge in [-0.3, -0.25) is 57.5 Å². The maximum Gasteiger partial charge on any atom is 0.248 e. The maximum absolute atomic E-state index is 14.5. The van der Waals surface area contributed by atoms with E-state index in [-0.39, 0.29) is 44.4 Å². The standard InChI is InChI=1S/C55H96N12O13/c1-18-32(10)42(62-47(75)40(30(6)7)60-44(72)35(26-39(56)70)59-50(78)53(12,13)63-33(11)69)49(77)65-55(16,17)52(80)66-23-19-21-37(66)45(73)57-34(25-28(2)3)43(71)61-41(31(8)9)48(76)64-54(14,15)51(79)67-24-20-22-38(67)46(74)58-36(27-68)29(4)5/h28-32,34-38,40-42,68H,18-27H2,1-17H3,(H2,56,70)(H,57,73)(H,58,74)(H,59,78)(H,60,72)(H,61,71)(H,62,75)(H,63,69)(H,64,76)(H,65,77)/t32-,34-,35-,36+,37-,38-,40-,41-,42-/m0/s1.